The molecule has 1 saturated carbocycles. The van der Waals surface area contributed by atoms with Crippen molar-refractivity contribution in [3.05, 3.63) is 53.3 Å². The van der Waals surface area contributed by atoms with Crippen LogP contribution in [0.3, 0.4) is 0 Å². The van der Waals surface area contributed by atoms with Crippen LogP contribution in [0.4, 0.5) is 23.2 Å². The van der Waals surface area contributed by atoms with Gasteiger partial charge in [-0.05, 0) is 74.4 Å². The molecule has 0 spiro atoms. The van der Waals surface area contributed by atoms with E-state index in [1.165, 1.54) is 18.2 Å². The number of hydrogen-bond donors (Lipinski definition) is 2. The van der Waals surface area contributed by atoms with Gasteiger partial charge in [-0.2, -0.15) is 13.2 Å². The maximum absolute atomic E-state index is 14.0. The Bertz CT molecular complexity index is 1410. The van der Waals surface area contributed by atoms with Crippen molar-refractivity contribution in [2.45, 2.75) is 63.0 Å². The van der Waals surface area contributed by atoms with Crippen LogP contribution in [-0.4, -0.2) is 78.9 Å². The minimum atomic E-state index is -4.69. The molecule has 0 bridgehead atoms. The fraction of sp³-hybridized carbons (Fsp3) is 0.516. The highest BCUT2D eigenvalue weighted by Gasteiger charge is 2.54. The van der Waals surface area contributed by atoms with Crippen LogP contribution >= 0.6 is 0 Å². The number of benzene rings is 2. The van der Waals surface area contributed by atoms with Gasteiger partial charge in [-0.15, -0.1) is 0 Å². The molecule has 244 valence electrons. The van der Waals surface area contributed by atoms with E-state index < -0.39 is 35.7 Å². The van der Waals surface area contributed by atoms with E-state index in [0.717, 1.165) is 30.7 Å². The summed E-state index contributed by atoms with van der Waals surface area (Å²) in [6.45, 7) is 3.58. The number of alkyl halides is 3. The number of carboxylic acid groups (broad SMARTS) is 1. The standard InChI is InChI=1S/C31H35F4N3O7/c1-19-15-37(8-9-38(19)23-4-5-26(32)27(13-23)44-18-39)24-6-7-30(45-16-24,21-2-3-21)29(42)36-14-20-10-22(31(33,34)35)12-25(11-20)43-17-28(40)41/h4-5,10-13,18-19,21,24H,2-3,6-9,14-17H2,1H3,(H,36,42)(H,40,41)/t19-,24?,30-/m0/s1. The van der Waals surface area contributed by atoms with Crippen molar-refractivity contribution >= 4 is 24.0 Å². The minimum absolute atomic E-state index is 0.0199. The van der Waals surface area contributed by atoms with Gasteiger partial charge in [0.2, 0.25) is 0 Å². The molecule has 2 aromatic carbocycles. The van der Waals surface area contributed by atoms with Crippen LogP contribution in [0.25, 0.3) is 0 Å². The smallest absolute Gasteiger partial charge is 0.416 e. The predicted octanol–water partition coefficient (Wildman–Crippen LogP) is 4.00. The molecule has 5 rings (SSSR count). The van der Waals surface area contributed by atoms with E-state index >= 15 is 0 Å². The lowest BCUT2D eigenvalue weighted by Gasteiger charge is -2.48. The number of aliphatic carboxylic acids is 1. The van der Waals surface area contributed by atoms with Crippen molar-refractivity contribution in [3.8, 4) is 11.5 Å². The maximum Gasteiger partial charge on any atom is 0.416 e. The molecule has 2 saturated heterocycles. The van der Waals surface area contributed by atoms with Crippen LogP contribution in [0, 0.1) is 11.7 Å². The topological polar surface area (TPSA) is 118 Å². The van der Waals surface area contributed by atoms with Crippen molar-refractivity contribution in [1.82, 2.24) is 10.2 Å². The monoisotopic (exact) mass is 637 g/mol. The Morgan fingerprint density at radius 3 is 2.56 bits per heavy atom. The van der Waals surface area contributed by atoms with Crippen LogP contribution in [0.2, 0.25) is 0 Å². The number of ether oxygens (including phenoxy) is 3. The van der Waals surface area contributed by atoms with Gasteiger partial charge in [-0.3, -0.25) is 14.5 Å². The number of amides is 1. The summed E-state index contributed by atoms with van der Waals surface area (Å²) >= 11 is 0. The van der Waals surface area contributed by atoms with Crippen LogP contribution < -0.4 is 19.7 Å². The van der Waals surface area contributed by atoms with Crippen molar-refractivity contribution in [2.24, 2.45) is 5.92 Å². The summed E-state index contributed by atoms with van der Waals surface area (Å²) in [4.78, 5) is 39.5. The summed E-state index contributed by atoms with van der Waals surface area (Å²) in [5.74, 6) is -2.70. The molecule has 1 unspecified atom stereocenters. The summed E-state index contributed by atoms with van der Waals surface area (Å²) in [5, 5.41) is 11.6. The zero-order valence-electron chi connectivity index (χ0n) is 24.6. The van der Waals surface area contributed by atoms with Gasteiger partial charge >= 0.3 is 12.1 Å². The van der Waals surface area contributed by atoms with E-state index in [4.69, 9.17) is 19.3 Å². The average molecular weight is 638 g/mol. The maximum atomic E-state index is 14.0. The molecular formula is C31H35F4N3O7. The number of halogens is 4. The molecule has 2 heterocycles. The van der Waals surface area contributed by atoms with Gasteiger partial charge in [-0.1, -0.05) is 0 Å². The molecule has 3 atom stereocenters. The minimum Gasteiger partial charge on any atom is -0.482 e. The molecule has 2 aromatic rings. The van der Waals surface area contributed by atoms with Crippen molar-refractivity contribution in [3.63, 3.8) is 0 Å². The van der Waals surface area contributed by atoms with Gasteiger partial charge in [0.25, 0.3) is 12.4 Å². The Morgan fingerprint density at radius 2 is 1.93 bits per heavy atom. The van der Waals surface area contributed by atoms with E-state index in [0.29, 0.717) is 39.1 Å². The van der Waals surface area contributed by atoms with Crippen LogP contribution in [-0.2, 0) is 31.8 Å². The second-order valence-electron chi connectivity index (χ2n) is 11.8. The molecule has 1 aliphatic carbocycles. The summed E-state index contributed by atoms with van der Waals surface area (Å²) in [7, 11) is 0. The second kappa shape index (κ2) is 13.2. The van der Waals surface area contributed by atoms with Crippen molar-refractivity contribution < 1.29 is 51.3 Å². The Morgan fingerprint density at radius 1 is 1.16 bits per heavy atom. The summed E-state index contributed by atoms with van der Waals surface area (Å²) in [6, 6.07) is 7.45. The fourth-order valence-corrected chi connectivity index (χ4v) is 6.31. The van der Waals surface area contributed by atoms with E-state index in [1.54, 1.807) is 6.07 Å². The van der Waals surface area contributed by atoms with Gasteiger partial charge < -0.3 is 29.5 Å². The Hall–Kier alpha value is -3.91. The Kier molecular flexibility index (Phi) is 9.54. The lowest BCUT2D eigenvalue weighted by Crippen LogP contribution is -2.60. The highest BCUT2D eigenvalue weighted by molar-refractivity contribution is 5.86. The number of rotatable bonds is 11. The third-order valence-electron chi connectivity index (χ3n) is 8.71. The molecule has 2 N–H and O–H groups in total. The fourth-order valence-electron chi connectivity index (χ4n) is 6.31. The highest BCUT2D eigenvalue weighted by atomic mass is 19.4. The zero-order chi connectivity index (χ0) is 32.4. The number of carbonyl (C=O) groups is 3. The molecule has 3 aliphatic rings. The van der Waals surface area contributed by atoms with Crippen LogP contribution in [0.5, 0.6) is 11.5 Å². The molecule has 1 amide bonds. The van der Waals surface area contributed by atoms with Gasteiger partial charge in [-0.25, -0.2) is 9.18 Å². The lowest BCUT2D eigenvalue weighted by molar-refractivity contribution is -0.165. The predicted molar refractivity (Wildman–Crippen MR) is 152 cm³/mol. The average Bonchev–Trinajstić information content (AvgIpc) is 3.86. The van der Waals surface area contributed by atoms with E-state index in [-0.39, 0.29) is 54.0 Å². The largest absolute Gasteiger partial charge is 0.482 e. The van der Waals surface area contributed by atoms with Gasteiger partial charge in [0.1, 0.15) is 11.4 Å². The molecular weight excluding hydrogens is 602 g/mol. The summed E-state index contributed by atoms with van der Waals surface area (Å²) in [6.07, 6.45) is -1.90. The number of hydrogen-bond acceptors (Lipinski definition) is 8. The quantitative estimate of drug-likeness (QED) is 0.279. The van der Waals surface area contributed by atoms with Crippen LogP contribution in [0.1, 0.15) is 43.7 Å². The normalized spacial score (nSPS) is 24.2. The Balaban J connectivity index is 1.20. The number of piperazine rings is 1. The second-order valence-corrected chi connectivity index (χ2v) is 11.8. The van der Waals surface area contributed by atoms with Gasteiger partial charge in [0.15, 0.2) is 18.2 Å². The summed E-state index contributed by atoms with van der Waals surface area (Å²) < 4.78 is 70.5. The Labute approximate surface area is 257 Å². The summed E-state index contributed by atoms with van der Waals surface area (Å²) in [5.41, 5.74) is -1.22. The third kappa shape index (κ3) is 7.50. The van der Waals surface area contributed by atoms with E-state index in [1.807, 2.05) is 6.92 Å². The first-order chi connectivity index (χ1) is 21.4. The van der Waals surface area contributed by atoms with Crippen molar-refractivity contribution in [1.29, 1.82) is 0 Å². The molecule has 0 aromatic heterocycles. The molecule has 45 heavy (non-hydrogen) atoms. The number of anilines is 1. The van der Waals surface area contributed by atoms with E-state index in [2.05, 4.69) is 15.1 Å². The zero-order valence-corrected chi connectivity index (χ0v) is 24.6. The number of carbonyl (C=O) groups excluding carboxylic acids is 2. The first-order valence-electron chi connectivity index (χ1n) is 14.8. The first-order valence-corrected chi connectivity index (χ1v) is 14.8. The number of nitrogens with one attached hydrogen (secondary N) is 1. The third-order valence-corrected chi connectivity index (χ3v) is 8.71. The molecule has 0 radical (unpaired) electrons. The highest BCUT2D eigenvalue weighted by Crippen LogP contribution is 2.47. The van der Waals surface area contributed by atoms with Crippen LogP contribution in [0.15, 0.2) is 36.4 Å². The SMILES string of the molecule is C[C@H]1CN(C2CC[C@@](C(=O)NCc3cc(OCC(=O)O)cc(C(F)(F)F)c3)(C3CC3)OC2)CCN1c1ccc(F)c(OC=O)c1. The molecule has 14 heteroatoms. The lowest BCUT2D eigenvalue weighted by atomic mass is 9.85. The number of nitrogens with zero attached hydrogens (tertiary/aromatic N) is 2. The molecule has 10 nitrogen and oxygen atoms in total. The molecule has 2 aliphatic heterocycles. The van der Waals surface area contributed by atoms with Gasteiger partial charge in [0.05, 0.1) is 12.2 Å². The first kappa shape index (κ1) is 32.5. The number of carboxylic acids is 1. The van der Waals surface area contributed by atoms with E-state index in [9.17, 15) is 31.9 Å². The van der Waals surface area contributed by atoms with Crippen molar-refractivity contribution in [2.75, 3.05) is 37.7 Å². The van der Waals surface area contributed by atoms with Gasteiger partial charge in [0, 0.05) is 50.0 Å². The molecule has 3 fully saturated rings.